The summed E-state index contributed by atoms with van der Waals surface area (Å²) in [6.45, 7) is 4.00. The molecule has 5 heteroatoms. The highest BCUT2D eigenvalue weighted by atomic mass is 127. The molecular weight excluding hydrogens is 379 g/mol. The van der Waals surface area contributed by atoms with Crippen LogP contribution in [0.15, 0.2) is 6.07 Å². The molecule has 2 nitrogen and oxygen atoms in total. The summed E-state index contributed by atoms with van der Waals surface area (Å²) < 4.78 is 5.74. The summed E-state index contributed by atoms with van der Waals surface area (Å²) in [5.41, 5.74) is 0.997. The first-order valence-corrected chi connectivity index (χ1v) is 7.13. The van der Waals surface area contributed by atoms with Crippen LogP contribution in [0.1, 0.15) is 29.1 Å². The molecule has 0 unspecified atom stereocenters. The molecule has 0 fully saturated rings. The molecule has 0 aromatic carbocycles. The highest BCUT2D eigenvalue weighted by molar-refractivity contribution is 14.1. The third-order valence-corrected chi connectivity index (χ3v) is 3.82. The van der Waals surface area contributed by atoms with Gasteiger partial charge in [-0.3, -0.25) is 0 Å². The zero-order valence-electron chi connectivity index (χ0n) is 8.27. The number of methoxy groups -OCH3 is 1. The summed E-state index contributed by atoms with van der Waals surface area (Å²) in [7, 11) is 1.40. The van der Waals surface area contributed by atoms with Gasteiger partial charge in [-0.1, -0.05) is 29.8 Å². The van der Waals surface area contributed by atoms with Crippen molar-refractivity contribution in [2.24, 2.45) is 0 Å². The van der Waals surface area contributed by atoms with Crippen LogP contribution >= 0.6 is 49.9 Å². The number of rotatable bonds is 2. The SMILES string of the molecule is CC.COC(=O)c1sc(I)cc1CBr. The number of esters is 1. The highest BCUT2D eigenvalue weighted by Gasteiger charge is 2.14. The Morgan fingerprint density at radius 2 is 2.21 bits per heavy atom. The second-order valence-electron chi connectivity index (χ2n) is 2.03. The van der Waals surface area contributed by atoms with E-state index in [9.17, 15) is 4.79 Å². The van der Waals surface area contributed by atoms with E-state index in [1.54, 1.807) is 0 Å². The number of halogens is 2. The van der Waals surface area contributed by atoms with Crippen LogP contribution in [0, 0.1) is 2.88 Å². The molecule has 0 aliphatic carbocycles. The molecule has 0 aliphatic heterocycles. The summed E-state index contributed by atoms with van der Waals surface area (Å²) >= 11 is 6.96. The third-order valence-electron chi connectivity index (χ3n) is 1.29. The molecule has 14 heavy (non-hydrogen) atoms. The normalized spacial score (nSPS) is 8.93. The van der Waals surface area contributed by atoms with Crippen LogP contribution in [-0.4, -0.2) is 13.1 Å². The van der Waals surface area contributed by atoms with Crippen molar-refractivity contribution in [2.45, 2.75) is 19.2 Å². The lowest BCUT2D eigenvalue weighted by Gasteiger charge is -1.96. The molecular formula is C9H12BrIO2S. The fraction of sp³-hybridized carbons (Fsp3) is 0.444. The maximum absolute atomic E-state index is 11.2. The predicted molar refractivity (Wildman–Crippen MR) is 72.4 cm³/mol. The molecule has 0 spiro atoms. The van der Waals surface area contributed by atoms with Gasteiger partial charge in [0.05, 0.1) is 9.99 Å². The molecule has 0 atom stereocenters. The minimum absolute atomic E-state index is 0.252. The second-order valence-corrected chi connectivity index (χ2v) is 5.54. The summed E-state index contributed by atoms with van der Waals surface area (Å²) in [5, 5.41) is 0.691. The van der Waals surface area contributed by atoms with Crippen LogP contribution in [0.3, 0.4) is 0 Å². The minimum Gasteiger partial charge on any atom is -0.465 e. The van der Waals surface area contributed by atoms with Crippen LogP contribution in [0.25, 0.3) is 0 Å². The Kier molecular flexibility index (Phi) is 7.85. The van der Waals surface area contributed by atoms with E-state index in [1.165, 1.54) is 18.4 Å². The molecule has 80 valence electrons. The molecule has 0 saturated heterocycles. The highest BCUT2D eigenvalue weighted by Crippen LogP contribution is 2.26. The number of carbonyl (C=O) groups excluding carboxylic acids is 1. The molecule has 0 bridgehead atoms. The van der Waals surface area contributed by atoms with Crippen molar-refractivity contribution in [2.75, 3.05) is 7.11 Å². The van der Waals surface area contributed by atoms with Gasteiger partial charge in [-0.15, -0.1) is 11.3 Å². The van der Waals surface area contributed by atoms with Gasteiger partial charge in [0.25, 0.3) is 0 Å². The Labute approximate surface area is 110 Å². The Balaban J connectivity index is 0.000000791. The molecule has 0 aliphatic rings. The maximum atomic E-state index is 11.2. The summed E-state index contributed by atoms with van der Waals surface area (Å²) in [6.07, 6.45) is 0. The van der Waals surface area contributed by atoms with E-state index >= 15 is 0 Å². The Morgan fingerprint density at radius 1 is 1.64 bits per heavy atom. The van der Waals surface area contributed by atoms with Gasteiger partial charge in [-0.2, -0.15) is 0 Å². The van der Waals surface area contributed by atoms with E-state index in [4.69, 9.17) is 0 Å². The van der Waals surface area contributed by atoms with Crippen molar-refractivity contribution >= 4 is 55.8 Å². The lowest BCUT2D eigenvalue weighted by atomic mass is 10.3. The molecule has 0 saturated carbocycles. The Hall–Kier alpha value is 0.380. The summed E-state index contributed by atoms with van der Waals surface area (Å²) in [4.78, 5) is 11.9. The number of alkyl halides is 1. The van der Waals surface area contributed by atoms with Crippen molar-refractivity contribution in [1.82, 2.24) is 0 Å². The van der Waals surface area contributed by atoms with Crippen molar-refractivity contribution in [3.8, 4) is 0 Å². The van der Waals surface area contributed by atoms with Gasteiger partial charge >= 0.3 is 5.97 Å². The fourth-order valence-corrected chi connectivity index (χ4v) is 3.25. The number of hydrogen-bond acceptors (Lipinski definition) is 3. The van der Waals surface area contributed by atoms with Crippen LogP contribution in [0.2, 0.25) is 0 Å². The van der Waals surface area contributed by atoms with E-state index in [-0.39, 0.29) is 5.97 Å². The molecule has 1 aromatic heterocycles. The second kappa shape index (κ2) is 7.64. The van der Waals surface area contributed by atoms with E-state index in [0.29, 0.717) is 10.2 Å². The van der Waals surface area contributed by atoms with Crippen LogP contribution in [0.5, 0.6) is 0 Å². The van der Waals surface area contributed by atoms with Crippen LogP contribution < -0.4 is 0 Å². The number of ether oxygens (including phenoxy) is 1. The quantitative estimate of drug-likeness (QED) is 0.432. The minimum atomic E-state index is -0.252. The van der Waals surface area contributed by atoms with Crippen molar-refractivity contribution < 1.29 is 9.53 Å². The molecule has 0 N–H and O–H groups in total. The first-order chi connectivity index (χ1) is 6.69. The van der Waals surface area contributed by atoms with Crippen LogP contribution in [-0.2, 0) is 10.1 Å². The zero-order chi connectivity index (χ0) is 11.1. The number of hydrogen-bond donors (Lipinski definition) is 0. The van der Waals surface area contributed by atoms with E-state index in [2.05, 4.69) is 43.3 Å². The predicted octanol–water partition coefficient (Wildman–Crippen LogP) is 4.06. The van der Waals surface area contributed by atoms with E-state index in [0.717, 1.165) is 8.45 Å². The van der Waals surface area contributed by atoms with Gasteiger partial charge < -0.3 is 4.74 Å². The number of carbonyl (C=O) groups is 1. The van der Waals surface area contributed by atoms with Gasteiger partial charge in [-0.25, -0.2) is 4.79 Å². The van der Waals surface area contributed by atoms with Crippen molar-refractivity contribution in [3.63, 3.8) is 0 Å². The van der Waals surface area contributed by atoms with Gasteiger partial charge in [0.1, 0.15) is 4.88 Å². The number of thiophene rings is 1. The molecule has 0 amide bonds. The summed E-state index contributed by atoms with van der Waals surface area (Å²) in [5.74, 6) is -0.252. The molecule has 1 rings (SSSR count). The zero-order valence-corrected chi connectivity index (χ0v) is 12.8. The Bertz CT molecular complexity index is 299. The van der Waals surface area contributed by atoms with Gasteiger partial charge in [0, 0.05) is 5.33 Å². The standard InChI is InChI=1S/C7H6BrIO2S.C2H6/c1-11-7(10)6-4(3-8)2-5(9)12-6;1-2/h2H,3H2,1H3;1-2H3. The smallest absolute Gasteiger partial charge is 0.348 e. The summed E-state index contributed by atoms with van der Waals surface area (Å²) in [6, 6.07) is 1.98. The Morgan fingerprint density at radius 3 is 2.64 bits per heavy atom. The average Bonchev–Trinajstić information content (AvgIpc) is 2.61. The average molecular weight is 391 g/mol. The first-order valence-electron chi connectivity index (χ1n) is 4.11. The lowest BCUT2D eigenvalue weighted by molar-refractivity contribution is 0.0605. The molecule has 1 heterocycles. The first kappa shape index (κ1) is 14.4. The molecule has 0 radical (unpaired) electrons. The fourth-order valence-electron chi connectivity index (χ4n) is 0.760. The van der Waals surface area contributed by atoms with Gasteiger partial charge in [0.2, 0.25) is 0 Å². The topological polar surface area (TPSA) is 26.3 Å². The third kappa shape index (κ3) is 3.86. The lowest BCUT2D eigenvalue weighted by Crippen LogP contribution is -2.00. The largest absolute Gasteiger partial charge is 0.465 e. The van der Waals surface area contributed by atoms with Gasteiger partial charge in [-0.05, 0) is 34.2 Å². The maximum Gasteiger partial charge on any atom is 0.348 e. The van der Waals surface area contributed by atoms with Crippen LogP contribution in [0.4, 0.5) is 0 Å². The van der Waals surface area contributed by atoms with Crippen molar-refractivity contribution in [1.29, 1.82) is 0 Å². The van der Waals surface area contributed by atoms with E-state index in [1.807, 2.05) is 19.9 Å². The van der Waals surface area contributed by atoms with Gasteiger partial charge in [0.15, 0.2) is 0 Å². The monoisotopic (exact) mass is 390 g/mol. The van der Waals surface area contributed by atoms with E-state index < -0.39 is 0 Å². The van der Waals surface area contributed by atoms with Crippen molar-refractivity contribution in [3.05, 3.63) is 19.4 Å². The molecule has 1 aromatic rings.